The largest absolute Gasteiger partial charge is 0.378 e. The molecule has 0 unspecified atom stereocenters. The third-order valence-corrected chi connectivity index (χ3v) is 5.66. The summed E-state index contributed by atoms with van der Waals surface area (Å²) < 4.78 is 6.01. The van der Waals surface area contributed by atoms with Crippen LogP contribution in [0.25, 0.3) is 5.82 Å². The van der Waals surface area contributed by atoms with Gasteiger partial charge < -0.3 is 5.73 Å². The van der Waals surface area contributed by atoms with Crippen molar-refractivity contribution in [3.8, 4) is 5.82 Å². The molecule has 10 nitrogen and oxygen atoms in total. The number of anilines is 1. The fourth-order valence-corrected chi connectivity index (χ4v) is 3.77. The first-order valence-electron chi connectivity index (χ1n) is 9.34. The predicted octanol–water partition coefficient (Wildman–Crippen LogP) is 3.33. The smallest absolute Gasteiger partial charge is 0.293 e. The number of nitrogens with zero attached hydrogens (tertiary/aromatic N) is 6. The van der Waals surface area contributed by atoms with Crippen LogP contribution < -0.4 is 11.2 Å². The van der Waals surface area contributed by atoms with E-state index in [1.807, 2.05) is 42.5 Å². The van der Waals surface area contributed by atoms with Gasteiger partial charge >= 0.3 is 0 Å². The summed E-state index contributed by atoms with van der Waals surface area (Å²) >= 11 is 7.42. The van der Waals surface area contributed by atoms with Crippen molar-refractivity contribution < 1.29 is 9.42 Å². The van der Waals surface area contributed by atoms with Crippen molar-refractivity contribution in [2.24, 2.45) is 5.10 Å². The van der Waals surface area contributed by atoms with Crippen molar-refractivity contribution in [2.75, 3.05) is 5.73 Å². The number of halogens is 1. The molecule has 0 bridgehead atoms. The molecule has 0 atom stereocenters. The molecule has 2 aromatic heterocycles. The average Bonchev–Trinajstić information content (AvgIpc) is 3.42. The molecule has 0 saturated carbocycles. The summed E-state index contributed by atoms with van der Waals surface area (Å²) in [7, 11) is 0. The molecule has 12 heteroatoms. The van der Waals surface area contributed by atoms with Gasteiger partial charge in [0.1, 0.15) is 0 Å². The molecular formula is C20H17ClN8O2S. The zero-order valence-electron chi connectivity index (χ0n) is 16.8. The minimum absolute atomic E-state index is 0.0319. The normalized spacial score (nSPS) is 11.5. The molecule has 0 spiro atoms. The highest BCUT2D eigenvalue weighted by atomic mass is 35.5. The van der Waals surface area contributed by atoms with Gasteiger partial charge in [-0.1, -0.05) is 47.1 Å². The lowest BCUT2D eigenvalue weighted by Gasteiger charge is -2.06. The molecule has 2 heterocycles. The number of nitrogen functional groups attached to an aromatic ring is 1. The van der Waals surface area contributed by atoms with Gasteiger partial charge in [-0.2, -0.15) is 9.78 Å². The fourth-order valence-electron chi connectivity index (χ4n) is 2.73. The number of carbonyl (C=O) groups excluding carboxylic acids is 1. The summed E-state index contributed by atoms with van der Waals surface area (Å²) in [6.45, 7) is 1.77. The zero-order valence-corrected chi connectivity index (χ0v) is 18.3. The van der Waals surface area contributed by atoms with Gasteiger partial charge in [0.25, 0.3) is 5.91 Å². The first-order valence-corrected chi connectivity index (χ1v) is 10.7. The standard InChI is InChI=1S/C20H17ClN8O2S/c1-12(13-7-9-14(21)10-8-13)23-25-20(30)17-16(11-32-15-5-3-2-4-6-15)29(28-24-17)19-18(22)26-31-27-19/h2-10H,11H2,1H3,(H2,22,26)(H,25,30)/b23-12+. The van der Waals surface area contributed by atoms with Gasteiger partial charge in [-0.25, -0.2) is 10.1 Å². The molecule has 32 heavy (non-hydrogen) atoms. The van der Waals surface area contributed by atoms with Crippen LogP contribution in [0, 0.1) is 0 Å². The van der Waals surface area contributed by atoms with Crippen LogP contribution in [-0.4, -0.2) is 36.9 Å². The van der Waals surface area contributed by atoms with Crippen LogP contribution in [0.4, 0.5) is 5.82 Å². The molecule has 0 aliphatic rings. The highest BCUT2D eigenvalue weighted by molar-refractivity contribution is 7.98. The molecule has 162 valence electrons. The summed E-state index contributed by atoms with van der Waals surface area (Å²) in [5.74, 6) is 0.0279. The Morgan fingerprint density at radius 3 is 2.62 bits per heavy atom. The Morgan fingerprint density at radius 1 is 1.19 bits per heavy atom. The molecule has 0 fully saturated rings. The minimum Gasteiger partial charge on any atom is -0.378 e. The van der Waals surface area contributed by atoms with Gasteiger partial charge in [0, 0.05) is 15.7 Å². The van der Waals surface area contributed by atoms with Crippen molar-refractivity contribution in [3.05, 3.63) is 76.6 Å². The van der Waals surface area contributed by atoms with E-state index in [0.717, 1.165) is 10.5 Å². The van der Waals surface area contributed by atoms with Crippen LogP contribution in [0.15, 0.2) is 69.2 Å². The predicted molar refractivity (Wildman–Crippen MR) is 121 cm³/mol. The van der Waals surface area contributed by atoms with Crippen molar-refractivity contribution in [3.63, 3.8) is 0 Å². The van der Waals surface area contributed by atoms with Gasteiger partial charge in [-0.3, -0.25) is 4.79 Å². The lowest BCUT2D eigenvalue weighted by Crippen LogP contribution is -2.21. The summed E-state index contributed by atoms with van der Waals surface area (Å²) in [6, 6.07) is 16.8. The number of aromatic nitrogens is 5. The van der Waals surface area contributed by atoms with Crippen molar-refractivity contribution >= 4 is 40.8 Å². The van der Waals surface area contributed by atoms with E-state index in [1.54, 1.807) is 19.1 Å². The Bertz CT molecular complexity index is 1250. The molecular weight excluding hydrogens is 452 g/mol. The summed E-state index contributed by atoms with van der Waals surface area (Å²) in [6.07, 6.45) is 0. The van der Waals surface area contributed by atoms with Crippen LogP contribution in [0.5, 0.6) is 0 Å². The van der Waals surface area contributed by atoms with E-state index in [2.05, 4.69) is 35.8 Å². The van der Waals surface area contributed by atoms with E-state index < -0.39 is 5.91 Å². The van der Waals surface area contributed by atoms with Gasteiger partial charge in [0.15, 0.2) is 5.69 Å². The van der Waals surface area contributed by atoms with E-state index in [4.69, 9.17) is 17.3 Å². The molecule has 1 amide bonds. The van der Waals surface area contributed by atoms with Gasteiger partial charge in [0.2, 0.25) is 11.6 Å². The van der Waals surface area contributed by atoms with Gasteiger partial charge in [-0.05, 0) is 47.1 Å². The first kappa shape index (κ1) is 21.5. The summed E-state index contributed by atoms with van der Waals surface area (Å²) in [4.78, 5) is 13.9. The number of carbonyl (C=O) groups is 1. The monoisotopic (exact) mass is 468 g/mol. The molecule has 3 N–H and O–H groups in total. The van der Waals surface area contributed by atoms with Crippen molar-refractivity contribution in [2.45, 2.75) is 17.6 Å². The maximum Gasteiger partial charge on any atom is 0.293 e. The number of thioether (sulfide) groups is 1. The second kappa shape index (κ2) is 9.62. The maximum absolute atomic E-state index is 12.9. The lowest BCUT2D eigenvalue weighted by molar-refractivity contribution is 0.0949. The highest BCUT2D eigenvalue weighted by Gasteiger charge is 2.24. The van der Waals surface area contributed by atoms with E-state index in [1.165, 1.54) is 16.4 Å². The first-order chi connectivity index (χ1) is 15.5. The Balaban J connectivity index is 1.60. The van der Waals surface area contributed by atoms with Crippen LogP contribution >= 0.6 is 23.4 Å². The van der Waals surface area contributed by atoms with Crippen molar-refractivity contribution in [1.29, 1.82) is 0 Å². The molecule has 4 rings (SSSR count). The Kier molecular flexibility index (Phi) is 6.47. The van der Waals surface area contributed by atoms with E-state index in [-0.39, 0.29) is 17.3 Å². The number of rotatable bonds is 7. The number of benzene rings is 2. The van der Waals surface area contributed by atoms with Crippen LogP contribution in [0.1, 0.15) is 28.7 Å². The number of hydrazone groups is 1. The molecule has 0 saturated heterocycles. The lowest BCUT2D eigenvalue weighted by atomic mass is 10.1. The topological polar surface area (TPSA) is 137 Å². The van der Waals surface area contributed by atoms with E-state index >= 15 is 0 Å². The quantitative estimate of drug-likeness (QED) is 0.239. The van der Waals surface area contributed by atoms with Gasteiger partial charge in [0.05, 0.1) is 11.4 Å². The molecule has 0 radical (unpaired) electrons. The molecule has 2 aromatic carbocycles. The number of nitrogens with two attached hydrogens (primary N) is 1. The minimum atomic E-state index is -0.525. The molecule has 0 aliphatic carbocycles. The number of amides is 1. The number of nitrogens with one attached hydrogen (secondary N) is 1. The summed E-state index contributed by atoms with van der Waals surface area (Å²) in [5.41, 5.74) is 10.3. The third kappa shape index (κ3) is 4.79. The summed E-state index contributed by atoms with van der Waals surface area (Å²) in [5, 5.41) is 20.2. The zero-order chi connectivity index (χ0) is 22.5. The van der Waals surface area contributed by atoms with Gasteiger partial charge in [-0.15, -0.1) is 16.9 Å². The number of hydrogen-bond donors (Lipinski definition) is 2. The van der Waals surface area contributed by atoms with Crippen LogP contribution in [0.3, 0.4) is 0 Å². The van der Waals surface area contributed by atoms with E-state index in [0.29, 0.717) is 22.2 Å². The Labute approximate surface area is 191 Å². The third-order valence-electron chi connectivity index (χ3n) is 4.38. The SMILES string of the molecule is C/C(=N\NC(=O)c1nnn(-c2nonc2N)c1CSc1ccccc1)c1ccc(Cl)cc1. The molecule has 0 aliphatic heterocycles. The second-order valence-electron chi connectivity index (χ2n) is 6.52. The van der Waals surface area contributed by atoms with Crippen LogP contribution in [0.2, 0.25) is 5.02 Å². The maximum atomic E-state index is 12.9. The average molecular weight is 469 g/mol. The Hall–Kier alpha value is -3.70. The van der Waals surface area contributed by atoms with Crippen molar-refractivity contribution in [1.82, 2.24) is 30.7 Å². The van der Waals surface area contributed by atoms with Crippen LogP contribution in [-0.2, 0) is 5.75 Å². The number of hydrogen-bond acceptors (Lipinski definition) is 9. The second-order valence-corrected chi connectivity index (χ2v) is 8.00. The highest BCUT2D eigenvalue weighted by Crippen LogP contribution is 2.25. The molecule has 4 aromatic rings. The fraction of sp³-hybridized carbons (Fsp3) is 0.100. The van der Waals surface area contributed by atoms with E-state index in [9.17, 15) is 4.79 Å². The Morgan fingerprint density at radius 2 is 1.94 bits per heavy atom.